The Kier molecular flexibility index (Phi) is 3.49. The van der Waals surface area contributed by atoms with E-state index < -0.39 is 0 Å². The van der Waals surface area contributed by atoms with Crippen molar-refractivity contribution in [3.63, 3.8) is 0 Å². The number of ether oxygens (including phenoxy) is 1. The Balaban J connectivity index is 1.57. The van der Waals surface area contributed by atoms with Crippen LogP contribution in [0.3, 0.4) is 0 Å². The van der Waals surface area contributed by atoms with Crippen LogP contribution in [0.25, 0.3) is 0 Å². The second-order valence-corrected chi connectivity index (χ2v) is 5.53. The van der Waals surface area contributed by atoms with E-state index in [2.05, 4.69) is 42.6 Å². The zero-order valence-electron chi connectivity index (χ0n) is 12.3. The number of hydrogen-bond acceptors (Lipinski definition) is 3. The van der Waals surface area contributed by atoms with Crippen molar-refractivity contribution >= 4 is 0 Å². The van der Waals surface area contributed by atoms with Gasteiger partial charge in [0.1, 0.15) is 11.9 Å². The summed E-state index contributed by atoms with van der Waals surface area (Å²) in [5.74, 6) is 1.03. The lowest BCUT2D eigenvalue weighted by Gasteiger charge is -2.17. The molecule has 4 nitrogen and oxygen atoms in total. The molecule has 106 valence electrons. The number of fused-ring (bicyclic) bond motifs is 1. The van der Waals surface area contributed by atoms with E-state index in [0.717, 1.165) is 24.4 Å². The molecule has 0 aliphatic carbocycles. The van der Waals surface area contributed by atoms with Gasteiger partial charge in [0.2, 0.25) is 0 Å². The molecule has 0 saturated carbocycles. The molecular formula is C16H21N3O. The molecule has 2 aromatic rings. The molecule has 1 aromatic carbocycles. The van der Waals surface area contributed by atoms with E-state index in [1.165, 1.54) is 11.1 Å². The highest BCUT2D eigenvalue weighted by molar-refractivity contribution is 5.37. The molecule has 0 radical (unpaired) electrons. The number of nitrogens with one attached hydrogen (secondary N) is 1. The van der Waals surface area contributed by atoms with Crippen LogP contribution >= 0.6 is 0 Å². The van der Waals surface area contributed by atoms with Gasteiger partial charge >= 0.3 is 0 Å². The highest BCUT2D eigenvalue weighted by Crippen LogP contribution is 2.28. The largest absolute Gasteiger partial charge is 0.488 e. The van der Waals surface area contributed by atoms with Crippen LogP contribution in [0.2, 0.25) is 0 Å². The van der Waals surface area contributed by atoms with Gasteiger partial charge in [-0.3, -0.25) is 4.68 Å². The third kappa shape index (κ3) is 2.56. The molecule has 1 aromatic heterocycles. The summed E-state index contributed by atoms with van der Waals surface area (Å²) >= 11 is 0. The van der Waals surface area contributed by atoms with E-state index >= 15 is 0 Å². The molecule has 1 aliphatic heterocycles. The van der Waals surface area contributed by atoms with E-state index in [0.29, 0.717) is 0 Å². The predicted octanol–water partition coefficient (Wildman–Crippen LogP) is 2.38. The van der Waals surface area contributed by atoms with Crippen molar-refractivity contribution < 1.29 is 4.74 Å². The topological polar surface area (TPSA) is 39.1 Å². The fraction of sp³-hybridized carbons (Fsp3) is 0.438. The lowest BCUT2D eigenvalue weighted by Crippen LogP contribution is -2.32. The van der Waals surface area contributed by atoms with Gasteiger partial charge in [-0.25, -0.2) is 0 Å². The van der Waals surface area contributed by atoms with Crippen molar-refractivity contribution in [2.24, 2.45) is 7.05 Å². The minimum Gasteiger partial charge on any atom is -0.488 e. The summed E-state index contributed by atoms with van der Waals surface area (Å²) in [6.45, 7) is 5.08. The monoisotopic (exact) mass is 271 g/mol. The third-order valence-corrected chi connectivity index (χ3v) is 3.88. The van der Waals surface area contributed by atoms with Crippen LogP contribution in [0.4, 0.5) is 0 Å². The Bertz CT molecular complexity index is 581. The molecule has 0 amide bonds. The van der Waals surface area contributed by atoms with Gasteiger partial charge in [0.05, 0.1) is 5.69 Å². The maximum absolute atomic E-state index is 5.95. The number of rotatable bonds is 4. The van der Waals surface area contributed by atoms with Crippen molar-refractivity contribution in [2.45, 2.75) is 32.4 Å². The van der Waals surface area contributed by atoms with Crippen molar-refractivity contribution in [3.05, 3.63) is 47.3 Å². The summed E-state index contributed by atoms with van der Waals surface area (Å²) < 4.78 is 7.81. The highest BCUT2D eigenvalue weighted by Gasteiger charge is 2.23. The van der Waals surface area contributed by atoms with E-state index in [1.54, 1.807) is 0 Å². The lowest BCUT2D eigenvalue weighted by molar-refractivity contribution is 0.222. The van der Waals surface area contributed by atoms with Crippen LogP contribution in [0, 0.1) is 6.92 Å². The molecule has 2 atom stereocenters. The van der Waals surface area contributed by atoms with Crippen LogP contribution in [-0.2, 0) is 13.5 Å². The number of hydrogen-bond donors (Lipinski definition) is 1. The molecule has 0 bridgehead atoms. The molecular weight excluding hydrogens is 250 g/mol. The summed E-state index contributed by atoms with van der Waals surface area (Å²) in [6.07, 6.45) is 3.30. The fourth-order valence-electron chi connectivity index (χ4n) is 2.83. The van der Waals surface area contributed by atoms with E-state index in [4.69, 9.17) is 4.74 Å². The second-order valence-electron chi connectivity index (χ2n) is 5.53. The number of para-hydroxylation sites is 1. The Hall–Kier alpha value is -1.81. The summed E-state index contributed by atoms with van der Waals surface area (Å²) in [7, 11) is 1.96. The number of aromatic nitrogens is 2. The SMILES string of the molecule is Cc1nn(C)cc1C(C)NCC1Cc2ccccc2O1. The van der Waals surface area contributed by atoms with Crippen LogP contribution in [0.5, 0.6) is 5.75 Å². The summed E-state index contributed by atoms with van der Waals surface area (Å²) in [5.41, 5.74) is 3.65. The van der Waals surface area contributed by atoms with Gasteiger partial charge in [0, 0.05) is 37.8 Å². The Labute approximate surface area is 119 Å². The van der Waals surface area contributed by atoms with E-state index in [-0.39, 0.29) is 12.1 Å². The van der Waals surface area contributed by atoms with Gasteiger partial charge < -0.3 is 10.1 Å². The molecule has 1 N–H and O–H groups in total. The first-order valence-corrected chi connectivity index (χ1v) is 7.11. The van der Waals surface area contributed by atoms with Crippen molar-refractivity contribution in [2.75, 3.05) is 6.54 Å². The first kappa shape index (κ1) is 13.2. The van der Waals surface area contributed by atoms with Crippen molar-refractivity contribution in [3.8, 4) is 5.75 Å². The molecule has 2 unspecified atom stereocenters. The van der Waals surface area contributed by atoms with Gasteiger partial charge in [-0.2, -0.15) is 5.10 Å². The average Bonchev–Trinajstić information content (AvgIpc) is 2.98. The van der Waals surface area contributed by atoms with Gasteiger partial charge in [0.15, 0.2) is 0 Å². The van der Waals surface area contributed by atoms with Crippen LogP contribution in [0.1, 0.15) is 29.8 Å². The average molecular weight is 271 g/mol. The molecule has 2 heterocycles. The normalized spacial score (nSPS) is 18.6. The Morgan fingerprint density at radius 2 is 2.25 bits per heavy atom. The summed E-state index contributed by atoms with van der Waals surface area (Å²) in [4.78, 5) is 0. The minimum absolute atomic E-state index is 0.229. The van der Waals surface area contributed by atoms with Crippen LogP contribution < -0.4 is 10.1 Å². The Morgan fingerprint density at radius 3 is 2.95 bits per heavy atom. The molecule has 1 aliphatic rings. The maximum Gasteiger partial charge on any atom is 0.123 e. The first-order valence-electron chi connectivity index (χ1n) is 7.11. The van der Waals surface area contributed by atoms with Crippen molar-refractivity contribution in [1.29, 1.82) is 0 Å². The van der Waals surface area contributed by atoms with E-state index in [9.17, 15) is 0 Å². The van der Waals surface area contributed by atoms with Gasteiger partial charge in [0.25, 0.3) is 0 Å². The molecule has 4 heteroatoms. The first-order chi connectivity index (χ1) is 9.63. The van der Waals surface area contributed by atoms with Gasteiger partial charge in [-0.1, -0.05) is 18.2 Å². The maximum atomic E-state index is 5.95. The lowest BCUT2D eigenvalue weighted by atomic mass is 10.1. The van der Waals surface area contributed by atoms with Crippen molar-refractivity contribution in [1.82, 2.24) is 15.1 Å². The zero-order valence-corrected chi connectivity index (χ0v) is 12.3. The van der Waals surface area contributed by atoms with Crippen LogP contribution in [-0.4, -0.2) is 22.4 Å². The standard InChI is InChI=1S/C16H21N3O/c1-11(15-10-19(3)18-12(15)2)17-9-14-8-13-6-4-5-7-16(13)20-14/h4-7,10-11,14,17H,8-9H2,1-3H3. The highest BCUT2D eigenvalue weighted by atomic mass is 16.5. The number of aryl methyl sites for hydroxylation is 2. The van der Waals surface area contributed by atoms with Gasteiger partial charge in [-0.05, 0) is 25.5 Å². The summed E-state index contributed by atoms with van der Waals surface area (Å²) in [5, 5.41) is 7.94. The summed E-state index contributed by atoms with van der Waals surface area (Å²) in [6, 6.07) is 8.57. The molecule has 0 saturated heterocycles. The van der Waals surface area contributed by atoms with Crippen LogP contribution in [0.15, 0.2) is 30.5 Å². The molecule has 20 heavy (non-hydrogen) atoms. The smallest absolute Gasteiger partial charge is 0.123 e. The quantitative estimate of drug-likeness (QED) is 0.928. The number of nitrogens with zero attached hydrogens (tertiary/aromatic N) is 2. The third-order valence-electron chi connectivity index (χ3n) is 3.88. The second kappa shape index (κ2) is 5.29. The number of benzene rings is 1. The molecule has 0 spiro atoms. The van der Waals surface area contributed by atoms with Gasteiger partial charge in [-0.15, -0.1) is 0 Å². The molecule has 0 fully saturated rings. The minimum atomic E-state index is 0.229. The van der Waals surface area contributed by atoms with E-state index in [1.807, 2.05) is 23.9 Å². The fourth-order valence-corrected chi connectivity index (χ4v) is 2.83. The zero-order chi connectivity index (χ0) is 14.1. The predicted molar refractivity (Wildman–Crippen MR) is 78.9 cm³/mol. The molecule has 3 rings (SSSR count). The Morgan fingerprint density at radius 1 is 1.45 bits per heavy atom.